The van der Waals surface area contributed by atoms with Crippen molar-refractivity contribution < 1.29 is 19.5 Å². The molecule has 4 rings (SSSR count). The second kappa shape index (κ2) is 7.14. The van der Waals surface area contributed by atoms with Crippen molar-refractivity contribution in [3.8, 4) is 0 Å². The highest BCUT2D eigenvalue weighted by Gasteiger charge is 2.46. The molecule has 2 atom stereocenters. The number of likely N-dealkylation sites (tertiary alicyclic amines) is 1. The monoisotopic (exact) mass is 409 g/mol. The number of carbonyl (C=O) groups excluding carboxylic acids is 2. The number of hydrogen-bond donors (Lipinski definition) is 1. The molecule has 154 valence electrons. The molecule has 4 heterocycles. The van der Waals surface area contributed by atoms with Crippen LogP contribution in [0.25, 0.3) is 0 Å². The molecule has 10 heteroatoms. The van der Waals surface area contributed by atoms with Crippen molar-refractivity contribution in [2.24, 2.45) is 0 Å². The average molecular weight is 410 g/mol. The number of ether oxygens (including phenoxy) is 1. The van der Waals surface area contributed by atoms with Gasteiger partial charge in [-0.05, 0) is 46.5 Å². The van der Waals surface area contributed by atoms with Gasteiger partial charge in [0.1, 0.15) is 15.6 Å². The number of fused-ring (bicyclic) bond motifs is 2. The quantitative estimate of drug-likeness (QED) is 0.754. The second-order valence-electron chi connectivity index (χ2n) is 8.75. The Labute approximate surface area is 168 Å². The van der Waals surface area contributed by atoms with Crippen LogP contribution in [0.3, 0.4) is 0 Å². The molecule has 3 aliphatic heterocycles. The van der Waals surface area contributed by atoms with E-state index in [0.29, 0.717) is 19.6 Å². The Hall–Kier alpha value is -1.94. The summed E-state index contributed by atoms with van der Waals surface area (Å²) in [6.45, 7) is 7.44. The summed E-state index contributed by atoms with van der Waals surface area (Å²) in [5, 5.41) is 21.3. The third-order valence-corrected chi connectivity index (χ3v) is 6.77. The molecular weight excluding hydrogens is 382 g/mol. The Morgan fingerprint density at radius 1 is 1.14 bits per heavy atom. The summed E-state index contributed by atoms with van der Waals surface area (Å²) in [6, 6.07) is -0.544. The summed E-state index contributed by atoms with van der Waals surface area (Å²) in [4.78, 5) is 27.9. The first-order chi connectivity index (χ1) is 13.2. The van der Waals surface area contributed by atoms with Crippen molar-refractivity contribution in [2.75, 3.05) is 19.6 Å². The summed E-state index contributed by atoms with van der Waals surface area (Å²) < 4.78 is 5.45. The summed E-state index contributed by atoms with van der Waals surface area (Å²) in [5.74, 6) is 0.268. The number of carbonyl (C=O) groups is 2. The molecule has 1 N–H and O–H groups in total. The van der Waals surface area contributed by atoms with E-state index in [1.165, 1.54) is 0 Å². The molecular formula is C18H27N5O4S. The molecule has 0 aromatic carbocycles. The van der Waals surface area contributed by atoms with E-state index in [9.17, 15) is 14.8 Å². The predicted molar refractivity (Wildman–Crippen MR) is 101 cm³/mol. The highest BCUT2D eigenvalue weighted by Crippen LogP contribution is 2.40. The maximum absolute atomic E-state index is 12.2. The summed E-state index contributed by atoms with van der Waals surface area (Å²) in [6.07, 6.45) is 2.95. The second-order valence-corrected chi connectivity index (χ2v) is 9.79. The van der Waals surface area contributed by atoms with Gasteiger partial charge in [0.2, 0.25) is 0 Å². The van der Waals surface area contributed by atoms with Crippen LogP contribution >= 0.6 is 11.3 Å². The first-order valence-corrected chi connectivity index (χ1v) is 10.6. The number of nitrogens with zero attached hydrogens (tertiary/aromatic N) is 5. The van der Waals surface area contributed by atoms with Crippen molar-refractivity contribution in [2.45, 2.75) is 70.1 Å². The van der Waals surface area contributed by atoms with Gasteiger partial charge in [0.15, 0.2) is 0 Å². The van der Waals surface area contributed by atoms with E-state index in [1.807, 2.05) is 20.8 Å². The van der Waals surface area contributed by atoms with E-state index in [1.54, 1.807) is 21.1 Å². The number of urea groups is 1. The minimum atomic E-state index is -0.488. The molecule has 0 saturated carbocycles. The fraction of sp³-hybridized carbons (Fsp3) is 0.778. The lowest BCUT2D eigenvalue weighted by Gasteiger charge is -2.32. The van der Waals surface area contributed by atoms with Gasteiger partial charge >= 0.3 is 12.1 Å². The number of rotatable bonds is 2. The number of hydrogen-bond acceptors (Lipinski definition) is 7. The standard InChI is InChI=1S/C18H27N5O4S/c1-18(2,3)27-17(25)21-8-6-11(7-9-21)14-19-20-15(28-14)13-5-4-12-10-22(13)16(24)23(12)26/h11-13,26H,4-10H2,1-3H3/t12-,13+/m1/s1. The van der Waals surface area contributed by atoms with Crippen LogP contribution in [-0.4, -0.2) is 73.7 Å². The number of hydroxylamine groups is 2. The van der Waals surface area contributed by atoms with Crippen molar-refractivity contribution in [1.29, 1.82) is 0 Å². The molecule has 0 unspecified atom stereocenters. The smallest absolute Gasteiger partial charge is 0.410 e. The van der Waals surface area contributed by atoms with E-state index in [2.05, 4.69) is 10.2 Å². The molecule has 0 radical (unpaired) electrons. The molecule has 3 fully saturated rings. The van der Waals surface area contributed by atoms with Gasteiger partial charge in [-0.1, -0.05) is 11.3 Å². The lowest BCUT2D eigenvalue weighted by molar-refractivity contribution is -0.0584. The number of amides is 3. The largest absolute Gasteiger partial charge is 0.444 e. The van der Waals surface area contributed by atoms with Crippen LogP contribution < -0.4 is 0 Å². The van der Waals surface area contributed by atoms with E-state index in [-0.39, 0.29) is 30.1 Å². The van der Waals surface area contributed by atoms with Gasteiger partial charge in [-0.25, -0.2) is 14.7 Å². The van der Waals surface area contributed by atoms with Crippen LogP contribution in [-0.2, 0) is 4.74 Å². The molecule has 3 saturated heterocycles. The third-order valence-electron chi connectivity index (χ3n) is 5.58. The van der Waals surface area contributed by atoms with E-state index < -0.39 is 5.60 Å². The molecule has 28 heavy (non-hydrogen) atoms. The van der Waals surface area contributed by atoms with Gasteiger partial charge in [0, 0.05) is 25.6 Å². The zero-order valence-electron chi connectivity index (χ0n) is 16.5. The maximum atomic E-state index is 12.2. The Bertz CT molecular complexity index is 755. The van der Waals surface area contributed by atoms with Crippen LogP contribution in [0.4, 0.5) is 9.59 Å². The van der Waals surface area contributed by atoms with Crippen molar-refractivity contribution >= 4 is 23.5 Å². The van der Waals surface area contributed by atoms with Crippen LogP contribution in [0.5, 0.6) is 0 Å². The Morgan fingerprint density at radius 3 is 2.50 bits per heavy atom. The van der Waals surface area contributed by atoms with Crippen molar-refractivity contribution in [1.82, 2.24) is 25.1 Å². The normalized spacial score (nSPS) is 26.1. The van der Waals surface area contributed by atoms with Crippen LogP contribution in [0.1, 0.15) is 68.4 Å². The van der Waals surface area contributed by atoms with E-state index >= 15 is 0 Å². The molecule has 3 aliphatic rings. The van der Waals surface area contributed by atoms with Gasteiger partial charge in [-0.2, -0.15) is 0 Å². The average Bonchev–Trinajstić information content (AvgIpc) is 3.22. The van der Waals surface area contributed by atoms with Gasteiger partial charge < -0.3 is 14.5 Å². The minimum absolute atomic E-state index is 0.103. The topological polar surface area (TPSA) is 99.1 Å². The minimum Gasteiger partial charge on any atom is -0.444 e. The number of aromatic nitrogens is 2. The lowest BCUT2D eigenvalue weighted by atomic mass is 9.98. The summed E-state index contributed by atoms with van der Waals surface area (Å²) in [5.41, 5.74) is -0.488. The molecule has 2 bridgehead atoms. The van der Waals surface area contributed by atoms with Gasteiger partial charge in [0.25, 0.3) is 0 Å². The number of piperidine rings is 2. The SMILES string of the molecule is CC(C)(C)OC(=O)N1CCC(c2nnc([C@@H]3CC[C@@H]4CN3C(=O)N4O)s2)CC1. The van der Waals surface area contributed by atoms with E-state index in [0.717, 1.165) is 40.8 Å². The Morgan fingerprint density at radius 2 is 1.82 bits per heavy atom. The van der Waals surface area contributed by atoms with Crippen molar-refractivity contribution in [3.05, 3.63) is 10.0 Å². The zero-order valence-corrected chi connectivity index (χ0v) is 17.3. The van der Waals surface area contributed by atoms with Crippen molar-refractivity contribution in [3.63, 3.8) is 0 Å². The van der Waals surface area contributed by atoms with Gasteiger partial charge in [0.05, 0.1) is 12.1 Å². The highest BCUT2D eigenvalue weighted by atomic mass is 32.1. The molecule has 0 aliphatic carbocycles. The lowest BCUT2D eigenvalue weighted by Crippen LogP contribution is -2.41. The first-order valence-electron chi connectivity index (χ1n) is 9.83. The highest BCUT2D eigenvalue weighted by molar-refractivity contribution is 7.11. The van der Waals surface area contributed by atoms with E-state index in [4.69, 9.17) is 4.74 Å². The summed E-state index contributed by atoms with van der Waals surface area (Å²) in [7, 11) is 0. The Balaban J connectivity index is 1.37. The van der Waals surface area contributed by atoms with Crippen LogP contribution in [0.2, 0.25) is 0 Å². The van der Waals surface area contributed by atoms with Gasteiger partial charge in [-0.3, -0.25) is 5.21 Å². The zero-order chi connectivity index (χ0) is 20.1. The molecule has 1 aromatic heterocycles. The van der Waals surface area contributed by atoms with Crippen LogP contribution in [0, 0.1) is 0 Å². The predicted octanol–water partition coefficient (Wildman–Crippen LogP) is 2.98. The Kier molecular flexibility index (Phi) is 4.95. The van der Waals surface area contributed by atoms with Gasteiger partial charge in [-0.15, -0.1) is 10.2 Å². The molecule has 3 amide bonds. The fourth-order valence-electron chi connectivity index (χ4n) is 4.09. The molecule has 9 nitrogen and oxygen atoms in total. The third kappa shape index (κ3) is 3.67. The molecule has 0 spiro atoms. The maximum Gasteiger partial charge on any atom is 0.410 e. The summed E-state index contributed by atoms with van der Waals surface area (Å²) >= 11 is 1.56. The molecule has 1 aromatic rings. The van der Waals surface area contributed by atoms with Crippen LogP contribution in [0.15, 0.2) is 0 Å². The fourth-order valence-corrected chi connectivity index (χ4v) is 5.25. The first kappa shape index (κ1) is 19.4.